The van der Waals surface area contributed by atoms with E-state index >= 15 is 0 Å². The first-order valence-corrected chi connectivity index (χ1v) is 7.08. The maximum Gasteiger partial charge on any atom is 0.0613 e. The zero-order valence-corrected chi connectivity index (χ0v) is 12.3. The van der Waals surface area contributed by atoms with Crippen molar-refractivity contribution in [2.45, 2.75) is 13.0 Å². The summed E-state index contributed by atoms with van der Waals surface area (Å²) in [6.45, 7) is 2.19. The van der Waals surface area contributed by atoms with Crippen molar-refractivity contribution in [2.75, 3.05) is 17.7 Å². The van der Waals surface area contributed by atoms with Crippen LogP contribution in [0.5, 0.6) is 0 Å². The average molecular weight is 311 g/mol. The van der Waals surface area contributed by atoms with Crippen molar-refractivity contribution in [3.63, 3.8) is 0 Å². The third-order valence-corrected chi connectivity index (χ3v) is 4.44. The van der Waals surface area contributed by atoms with Crippen LogP contribution in [-0.2, 0) is 0 Å². The largest absolute Gasteiger partial charge is 0.397 e. The summed E-state index contributed by atoms with van der Waals surface area (Å²) in [5.41, 5.74) is 7.88. The normalized spacial score (nSPS) is 12.4. The third-order valence-electron chi connectivity index (χ3n) is 2.91. The lowest BCUT2D eigenvalue weighted by atomic mass is 10.2. The molecule has 0 bridgehead atoms. The van der Waals surface area contributed by atoms with E-state index in [1.807, 2.05) is 12.1 Å². The smallest absolute Gasteiger partial charge is 0.0613 e. The van der Waals surface area contributed by atoms with Crippen molar-refractivity contribution < 1.29 is 0 Å². The van der Waals surface area contributed by atoms with Crippen molar-refractivity contribution in [2.24, 2.45) is 0 Å². The molecule has 17 heavy (non-hydrogen) atoms. The fourth-order valence-electron chi connectivity index (χ4n) is 1.75. The Morgan fingerprint density at radius 3 is 2.76 bits per heavy atom. The summed E-state index contributed by atoms with van der Waals surface area (Å²) in [7, 11) is 2.07. The molecule has 0 saturated heterocycles. The van der Waals surface area contributed by atoms with Crippen molar-refractivity contribution in [3.05, 3.63) is 45.1 Å². The van der Waals surface area contributed by atoms with Gasteiger partial charge in [-0.1, -0.05) is 22.0 Å². The molecule has 90 valence electrons. The minimum absolute atomic E-state index is 0.326. The van der Waals surface area contributed by atoms with Crippen LogP contribution in [-0.4, -0.2) is 7.05 Å². The maximum absolute atomic E-state index is 6.02. The van der Waals surface area contributed by atoms with Crippen molar-refractivity contribution in [1.82, 2.24) is 0 Å². The second kappa shape index (κ2) is 5.10. The van der Waals surface area contributed by atoms with Crippen LogP contribution in [0.3, 0.4) is 0 Å². The molecule has 2 N–H and O–H groups in total. The van der Waals surface area contributed by atoms with Gasteiger partial charge in [0.2, 0.25) is 0 Å². The van der Waals surface area contributed by atoms with E-state index in [0.29, 0.717) is 6.04 Å². The van der Waals surface area contributed by atoms with Gasteiger partial charge in [0.25, 0.3) is 0 Å². The van der Waals surface area contributed by atoms with Crippen LogP contribution in [0.1, 0.15) is 17.8 Å². The highest BCUT2D eigenvalue weighted by molar-refractivity contribution is 9.10. The molecule has 0 amide bonds. The van der Waals surface area contributed by atoms with Crippen LogP contribution in [0.15, 0.2) is 40.2 Å². The van der Waals surface area contributed by atoms with Crippen LogP contribution >= 0.6 is 27.3 Å². The highest BCUT2D eigenvalue weighted by Crippen LogP contribution is 2.33. The van der Waals surface area contributed by atoms with Crippen molar-refractivity contribution >= 4 is 38.6 Å². The fraction of sp³-hybridized carbons (Fsp3) is 0.231. The maximum atomic E-state index is 6.02. The summed E-state index contributed by atoms with van der Waals surface area (Å²) in [5, 5.41) is 2.10. The number of thiophene rings is 1. The second-order valence-electron chi connectivity index (χ2n) is 4.01. The summed E-state index contributed by atoms with van der Waals surface area (Å²) >= 11 is 5.25. The minimum atomic E-state index is 0.326. The molecular formula is C13H15BrN2S. The zero-order valence-electron chi connectivity index (χ0n) is 9.85. The topological polar surface area (TPSA) is 29.3 Å². The molecule has 2 rings (SSSR count). The first kappa shape index (κ1) is 12.5. The van der Waals surface area contributed by atoms with Gasteiger partial charge in [0, 0.05) is 16.4 Å². The van der Waals surface area contributed by atoms with E-state index in [-0.39, 0.29) is 0 Å². The number of nitrogens with zero attached hydrogens (tertiary/aromatic N) is 1. The monoisotopic (exact) mass is 310 g/mol. The Balaban J connectivity index is 2.30. The summed E-state index contributed by atoms with van der Waals surface area (Å²) in [6, 6.07) is 10.5. The number of hydrogen-bond acceptors (Lipinski definition) is 3. The van der Waals surface area contributed by atoms with Gasteiger partial charge in [0.1, 0.15) is 0 Å². The molecule has 2 nitrogen and oxygen atoms in total. The molecule has 1 aromatic carbocycles. The zero-order chi connectivity index (χ0) is 12.4. The van der Waals surface area contributed by atoms with Crippen LogP contribution in [0, 0.1) is 0 Å². The lowest BCUT2D eigenvalue weighted by Crippen LogP contribution is -2.21. The predicted octanol–water partition coefficient (Wildman–Crippen LogP) is 4.29. The average Bonchev–Trinajstić information content (AvgIpc) is 2.84. The molecule has 1 heterocycles. The first-order valence-electron chi connectivity index (χ1n) is 5.41. The van der Waals surface area contributed by atoms with Gasteiger partial charge in [-0.25, -0.2) is 0 Å². The molecule has 0 radical (unpaired) electrons. The Labute approximate surface area is 114 Å². The van der Waals surface area contributed by atoms with E-state index in [1.54, 1.807) is 11.3 Å². The number of nitrogens with two attached hydrogens (primary N) is 1. The second-order valence-corrected chi connectivity index (χ2v) is 5.90. The lowest BCUT2D eigenvalue weighted by Gasteiger charge is -2.27. The Hall–Kier alpha value is -1.00. The Kier molecular flexibility index (Phi) is 3.74. The van der Waals surface area contributed by atoms with E-state index in [1.165, 1.54) is 4.88 Å². The van der Waals surface area contributed by atoms with E-state index < -0.39 is 0 Å². The molecule has 0 aliphatic rings. The Morgan fingerprint density at radius 2 is 2.12 bits per heavy atom. The third kappa shape index (κ3) is 2.64. The molecule has 1 aromatic heterocycles. The number of hydrogen-bond donors (Lipinski definition) is 1. The quantitative estimate of drug-likeness (QED) is 0.857. The van der Waals surface area contributed by atoms with Gasteiger partial charge < -0.3 is 10.6 Å². The summed E-state index contributed by atoms with van der Waals surface area (Å²) in [6.07, 6.45) is 0. The molecule has 0 aliphatic carbocycles. The molecule has 0 fully saturated rings. The molecule has 1 atom stereocenters. The number of rotatable bonds is 3. The lowest BCUT2D eigenvalue weighted by molar-refractivity contribution is 0.755. The van der Waals surface area contributed by atoms with Gasteiger partial charge >= 0.3 is 0 Å². The van der Waals surface area contributed by atoms with Crippen LogP contribution in [0.2, 0.25) is 0 Å². The Bertz CT molecular complexity index is 496. The van der Waals surface area contributed by atoms with Gasteiger partial charge in [-0.15, -0.1) is 11.3 Å². The van der Waals surface area contributed by atoms with Crippen molar-refractivity contribution in [1.29, 1.82) is 0 Å². The van der Waals surface area contributed by atoms with E-state index in [2.05, 4.69) is 58.4 Å². The highest BCUT2D eigenvalue weighted by Gasteiger charge is 2.15. The number of benzene rings is 1. The highest BCUT2D eigenvalue weighted by atomic mass is 79.9. The van der Waals surface area contributed by atoms with Crippen molar-refractivity contribution in [3.8, 4) is 0 Å². The molecule has 2 aromatic rings. The predicted molar refractivity (Wildman–Crippen MR) is 79.7 cm³/mol. The van der Waals surface area contributed by atoms with Gasteiger partial charge in [0.15, 0.2) is 0 Å². The number of nitrogen functional groups attached to an aromatic ring is 1. The standard InChI is InChI=1S/C13H15BrN2S/c1-9(13-4-3-7-17-13)16(2)12-8-10(14)5-6-11(12)15/h3-9H,15H2,1-2H3. The number of halogens is 1. The van der Waals surface area contributed by atoms with Crippen LogP contribution in [0.25, 0.3) is 0 Å². The van der Waals surface area contributed by atoms with E-state index in [9.17, 15) is 0 Å². The summed E-state index contributed by atoms with van der Waals surface area (Å²) in [4.78, 5) is 3.54. The molecule has 0 aliphatic heterocycles. The summed E-state index contributed by atoms with van der Waals surface area (Å²) in [5.74, 6) is 0. The van der Waals surface area contributed by atoms with Gasteiger partial charge in [-0.3, -0.25) is 0 Å². The van der Waals surface area contributed by atoms with Crippen LogP contribution in [0.4, 0.5) is 11.4 Å². The molecule has 4 heteroatoms. The summed E-state index contributed by atoms with van der Waals surface area (Å²) < 4.78 is 1.05. The molecule has 1 unspecified atom stereocenters. The fourth-order valence-corrected chi connectivity index (χ4v) is 2.93. The van der Waals surface area contributed by atoms with Crippen LogP contribution < -0.4 is 10.6 Å². The SMILES string of the molecule is CC(c1cccs1)N(C)c1cc(Br)ccc1N. The molecule has 0 saturated carbocycles. The molecule has 0 spiro atoms. The molecular weight excluding hydrogens is 296 g/mol. The minimum Gasteiger partial charge on any atom is -0.397 e. The first-order chi connectivity index (χ1) is 8.09. The number of anilines is 2. The van der Waals surface area contributed by atoms with E-state index in [0.717, 1.165) is 15.8 Å². The van der Waals surface area contributed by atoms with Gasteiger partial charge in [-0.05, 0) is 36.6 Å². The Morgan fingerprint density at radius 1 is 1.35 bits per heavy atom. The van der Waals surface area contributed by atoms with Gasteiger partial charge in [0.05, 0.1) is 17.4 Å². The van der Waals surface area contributed by atoms with E-state index in [4.69, 9.17) is 5.73 Å². The van der Waals surface area contributed by atoms with Gasteiger partial charge in [-0.2, -0.15) is 0 Å².